The van der Waals surface area contributed by atoms with Crippen LogP contribution in [-0.2, 0) is 14.3 Å². The van der Waals surface area contributed by atoms with E-state index in [1.54, 1.807) is 45.2 Å². The van der Waals surface area contributed by atoms with Crippen molar-refractivity contribution in [1.82, 2.24) is 4.90 Å². The van der Waals surface area contributed by atoms with Crippen LogP contribution in [0.3, 0.4) is 0 Å². The van der Waals surface area contributed by atoms with Gasteiger partial charge in [-0.1, -0.05) is 30.3 Å². The summed E-state index contributed by atoms with van der Waals surface area (Å²) in [6.45, 7) is 5.33. The van der Waals surface area contributed by atoms with Crippen molar-refractivity contribution in [1.29, 1.82) is 0 Å². The molecule has 0 aliphatic heterocycles. The Morgan fingerprint density at radius 1 is 1.12 bits per heavy atom. The molecule has 0 aliphatic carbocycles. The second-order valence-corrected chi connectivity index (χ2v) is 7.80. The molecule has 5 heteroatoms. The van der Waals surface area contributed by atoms with Gasteiger partial charge in [-0.15, -0.1) is 11.3 Å². The molecule has 0 fully saturated rings. The standard InChI is InChI=1S/C20H23NO3S/c1-20(2,3)24-19(23)14-21(4)18(22)13-11-16-10-12-17(25-16)15-8-6-5-7-9-15/h5-13H,14H2,1-4H3/b13-11+. The van der Waals surface area contributed by atoms with Gasteiger partial charge in [-0.25, -0.2) is 0 Å². The fourth-order valence-corrected chi connectivity index (χ4v) is 3.04. The molecule has 1 amide bonds. The third-order valence-electron chi connectivity index (χ3n) is 3.24. The van der Waals surface area contributed by atoms with Gasteiger partial charge in [0.1, 0.15) is 12.1 Å². The summed E-state index contributed by atoms with van der Waals surface area (Å²) in [6.07, 6.45) is 3.25. The van der Waals surface area contributed by atoms with E-state index in [1.165, 1.54) is 11.0 Å². The average Bonchev–Trinajstić information content (AvgIpc) is 3.00. The number of hydrogen-bond donors (Lipinski definition) is 0. The summed E-state index contributed by atoms with van der Waals surface area (Å²) >= 11 is 1.61. The monoisotopic (exact) mass is 357 g/mol. The van der Waals surface area contributed by atoms with E-state index in [-0.39, 0.29) is 12.5 Å². The van der Waals surface area contributed by atoms with Gasteiger partial charge in [-0.05, 0) is 44.5 Å². The van der Waals surface area contributed by atoms with Crippen molar-refractivity contribution in [3.05, 3.63) is 53.4 Å². The van der Waals surface area contributed by atoms with E-state index in [0.717, 1.165) is 15.3 Å². The van der Waals surface area contributed by atoms with Crippen LogP contribution >= 0.6 is 11.3 Å². The van der Waals surface area contributed by atoms with Gasteiger partial charge in [0.15, 0.2) is 0 Å². The quantitative estimate of drug-likeness (QED) is 0.594. The molecule has 2 aromatic rings. The Morgan fingerprint density at radius 2 is 1.80 bits per heavy atom. The third-order valence-corrected chi connectivity index (χ3v) is 4.34. The second-order valence-electron chi connectivity index (χ2n) is 6.68. The minimum Gasteiger partial charge on any atom is -0.459 e. The van der Waals surface area contributed by atoms with Crippen molar-refractivity contribution in [2.75, 3.05) is 13.6 Å². The van der Waals surface area contributed by atoms with E-state index in [9.17, 15) is 9.59 Å². The zero-order valence-corrected chi connectivity index (χ0v) is 15.8. The number of thiophene rings is 1. The zero-order valence-electron chi connectivity index (χ0n) is 15.0. The van der Waals surface area contributed by atoms with Crippen LogP contribution in [-0.4, -0.2) is 36.0 Å². The number of amides is 1. The number of nitrogens with zero attached hydrogens (tertiary/aromatic N) is 1. The van der Waals surface area contributed by atoms with Crippen LogP contribution in [0.5, 0.6) is 0 Å². The highest BCUT2D eigenvalue weighted by Crippen LogP contribution is 2.28. The van der Waals surface area contributed by atoms with Crippen LogP contribution in [0.1, 0.15) is 25.6 Å². The maximum absolute atomic E-state index is 12.1. The molecule has 4 nitrogen and oxygen atoms in total. The number of esters is 1. The van der Waals surface area contributed by atoms with Gasteiger partial charge in [0.2, 0.25) is 5.91 Å². The summed E-state index contributed by atoms with van der Waals surface area (Å²) in [7, 11) is 1.58. The zero-order chi connectivity index (χ0) is 18.4. The second kappa shape index (κ2) is 8.12. The Hall–Kier alpha value is -2.40. The molecule has 132 valence electrons. The van der Waals surface area contributed by atoms with Crippen molar-refractivity contribution >= 4 is 29.3 Å². The lowest BCUT2D eigenvalue weighted by molar-refractivity contribution is -0.157. The lowest BCUT2D eigenvalue weighted by Crippen LogP contribution is -2.35. The summed E-state index contributed by atoms with van der Waals surface area (Å²) in [5, 5.41) is 0. The predicted octanol–water partition coefficient (Wildman–Crippen LogP) is 4.23. The smallest absolute Gasteiger partial charge is 0.326 e. The molecule has 1 heterocycles. The first-order valence-corrected chi connectivity index (χ1v) is 8.86. The molecule has 1 aromatic carbocycles. The van der Waals surface area contributed by atoms with E-state index in [2.05, 4.69) is 12.1 Å². The highest BCUT2D eigenvalue weighted by atomic mass is 32.1. The molecule has 0 saturated carbocycles. The summed E-state index contributed by atoms with van der Waals surface area (Å²) in [5.41, 5.74) is 0.599. The number of hydrogen-bond acceptors (Lipinski definition) is 4. The Kier molecular flexibility index (Phi) is 6.15. The van der Waals surface area contributed by atoms with Gasteiger partial charge < -0.3 is 9.64 Å². The minimum absolute atomic E-state index is 0.0693. The van der Waals surface area contributed by atoms with Crippen molar-refractivity contribution in [3.63, 3.8) is 0 Å². The fraction of sp³-hybridized carbons (Fsp3) is 0.300. The largest absolute Gasteiger partial charge is 0.459 e. The maximum Gasteiger partial charge on any atom is 0.326 e. The van der Waals surface area contributed by atoms with Gasteiger partial charge in [0.05, 0.1) is 0 Å². The molecule has 2 rings (SSSR count). The lowest BCUT2D eigenvalue weighted by Gasteiger charge is -2.22. The summed E-state index contributed by atoms with van der Waals surface area (Å²) in [6, 6.07) is 14.1. The molecule has 0 bridgehead atoms. The van der Waals surface area contributed by atoms with Gasteiger partial charge >= 0.3 is 5.97 Å². The number of carbonyl (C=O) groups excluding carboxylic acids is 2. The predicted molar refractivity (Wildman–Crippen MR) is 102 cm³/mol. The van der Waals surface area contributed by atoms with Crippen molar-refractivity contribution in [2.24, 2.45) is 0 Å². The number of ether oxygens (including phenoxy) is 1. The molecule has 0 atom stereocenters. The molecule has 0 spiro atoms. The van der Waals surface area contributed by atoms with E-state index in [4.69, 9.17) is 4.74 Å². The molecule has 0 unspecified atom stereocenters. The van der Waals surface area contributed by atoms with Gasteiger partial charge in [0, 0.05) is 22.9 Å². The van der Waals surface area contributed by atoms with E-state index in [0.29, 0.717) is 0 Å². The van der Waals surface area contributed by atoms with Gasteiger partial charge in [0.25, 0.3) is 0 Å². The number of benzene rings is 1. The van der Waals surface area contributed by atoms with E-state index < -0.39 is 11.6 Å². The Morgan fingerprint density at radius 3 is 2.44 bits per heavy atom. The SMILES string of the molecule is CN(CC(=O)OC(C)(C)C)C(=O)/C=C/c1ccc(-c2ccccc2)s1. The van der Waals surface area contributed by atoms with Crippen molar-refractivity contribution < 1.29 is 14.3 Å². The molecule has 0 saturated heterocycles. The molecule has 1 aromatic heterocycles. The minimum atomic E-state index is -0.554. The van der Waals surface area contributed by atoms with Crippen LogP contribution in [0.25, 0.3) is 16.5 Å². The summed E-state index contributed by atoms with van der Waals surface area (Å²) in [5.74, 6) is -0.653. The normalized spacial score (nSPS) is 11.5. The highest BCUT2D eigenvalue weighted by Gasteiger charge is 2.18. The molecular formula is C20H23NO3S. The average molecular weight is 357 g/mol. The van der Waals surface area contributed by atoms with Crippen molar-refractivity contribution in [2.45, 2.75) is 26.4 Å². The van der Waals surface area contributed by atoms with Crippen molar-refractivity contribution in [3.8, 4) is 10.4 Å². The Labute approximate surface area is 152 Å². The highest BCUT2D eigenvalue weighted by molar-refractivity contribution is 7.16. The first-order valence-electron chi connectivity index (χ1n) is 8.05. The summed E-state index contributed by atoms with van der Waals surface area (Å²) < 4.78 is 5.22. The van der Waals surface area contributed by atoms with E-state index >= 15 is 0 Å². The maximum atomic E-state index is 12.1. The summed E-state index contributed by atoms with van der Waals surface area (Å²) in [4.78, 5) is 27.4. The van der Waals surface area contributed by atoms with Crippen LogP contribution in [0.15, 0.2) is 48.5 Å². The van der Waals surface area contributed by atoms with Crippen LogP contribution in [0.4, 0.5) is 0 Å². The van der Waals surface area contributed by atoms with Crippen LogP contribution in [0.2, 0.25) is 0 Å². The van der Waals surface area contributed by atoms with Crippen LogP contribution < -0.4 is 0 Å². The molecule has 0 radical (unpaired) electrons. The van der Waals surface area contributed by atoms with Crippen LogP contribution in [0, 0.1) is 0 Å². The molecular weight excluding hydrogens is 334 g/mol. The number of rotatable bonds is 5. The van der Waals surface area contributed by atoms with Gasteiger partial charge in [-0.2, -0.15) is 0 Å². The Balaban J connectivity index is 1.94. The topological polar surface area (TPSA) is 46.6 Å². The first kappa shape index (κ1) is 18.9. The molecule has 25 heavy (non-hydrogen) atoms. The fourth-order valence-electron chi connectivity index (χ4n) is 2.13. The van der Waals surface area contributed by atoms with Gasteiger partial charge in [-0.3, -0.25) is 9.59 Å². The Bertz CT molecular complexity index is 757. The number of likely N-dealkylation sites (N-methyl/N-ethyl adjacent to an activating group) is 1. The number of carbonyl (C=O) groups is 2. The van der Waals surface area contributed by atoms with E-state index in [1.807, 2.05) is 30.3 Å². The molecule has 0 N–H and O–H groups in total. The first-order chi connectivity index (χ1) is 11.7. The lowest BCUT2D eigenvalue weighted by atomic mass is 10.2. The third kappa shape index (κ3) is 6.19. The molecule has 0 aliphatic rings.